The monoisotopic (exact) mass is 323 g/mol. The number of para-hydroxylation sites is 2. The Morgan fingerprint density at radius 3 is 2.75 bits per heavy atom. The molecule has 0 bridgehead atoms. The Bertz CT molecular complexity index is 883. The minimum absolute atomic E-state index is 0.286. The summed E-state index contributed by atoms with van der Waals surface area (Å²) in [4.78, 5) is 16.5. The third-order valence-electron chi connectivity index (χ3n) is 4.06. The molecule has 3 rings (SSSR count). The molecular weight excluding hydrogens is 302 g/mol. The average Bonchev–Trinajstić information content (AvgIpc) is 2.87. The number of carbonyl (C=O) groups excluding carboxylic acids is 1. The van der Waals surface area contributed by atoms with E-state index >= 15 is 0 Å². The fourth-order valence-corrected chi connectivity index (χ4v) is 2.75. The first-order valence-corrected chi connectivity index (χ1v) is 7.96. The molecule has 0 radical (unpaired) electrons. The molecule has 1 amide bonds. The van der Waals surface area contributed by atoms with Crippen LogP contribution >= 0.6 is 0 Å². The van der Waals surface area contributed by atoms with E-state index < -0.39 is 6.09 Å². The summed E-state index contributed by atoms with van der Waals surface area (Å²) in [5, 5.41) is 2.78. The van der Waals surface area contributed by atoms with Gasteiger partial charge in [0.2, 0.25) is 0 Å². The van der Waals surface area contributed by atoms with Crippen molar-refractivity contribution in [3.05, 3.63) is 59.4 Å². The predicted molar refractivity (Wildman–Crippen MR) is 95.3 cm³/mol. The molecule has 1 aromatic heterocycles. The van der Waals surface area contributed by atoms with Crippen LogP contribution in [-0.4, -0.2) is 22.3 Å². The molecule has 5 nitrogen and oxygen atoms in total. The highest BCUT2D eigenvalue weighted by atomic mass is 16.5. The molecule has 5 heteroatoms. The topological polar surface area (TPSA) is 56.1 Å². The number of amides is 1. The summed E-state index contributed by atoms with van der Waals surface area (Å²) in [6.07, 6.45) is 0.131. The number of nitrogens with one attached hydrogen (secondary N) is 1. The van der Waals surface area contributed by atoms with Crippen LogP contribution in [0.25, 0.3) is 11.0 Å². The van der Waals surface area contributed by atoms with E-state index in [9.17, 15) is 4.79 Å². The lowest BCUT2D eigenvalue weighted by molar-refractivity contribution is 0.162. The normalized spacial score (nSPS) is 10.8. The van der Waals surface area contributed by atoms with Gasteiger partial charge in [-0.15, -0.1) is 0 Å². The lowest BCUT2D eigenvalue weighted by Gasteiger charge is -2.10. The van der Waals surface area contributed by atoms with Gasteiger partial charge >= 0.3 is 6.09 Å². The highest BCUT2D eigenvalue weighted by Crippen LogP contribution is 2.17. The number of benzene rings is 2. The maximum absolute atomic E-state index is 11.9. The van der Waals surface area contributed by atoms with Crippen molar-refractivity contribution in [3.63, 3.8) is 0 Å². The summed E-state index contributed by atoms with van der Waals surface area (Å²) in [5.41, 5.74) is 4.98. The van der Waals surface area contributed by atoms with Crippen LogP contribution in [0.2, 0.25) is 0 Å². The van der Waals surface area contributed by atoms with Gasteiger partial charge in [-0.2, -0.15) is 0 Å². The fourth-order valence-electron chi connectivity index (χ4n) is 2.75. The zero-order chi connectivity index (χ0) is 17.1. The van der Waals surface area contributed by atoms with Crippen LogP contribution in [0.3, 0.4) is 0 Å². The molecule has 3 aromatic rings. The molecule has 0 aliphatic carbocycles. The van der Waals surface area contributed by atoms with Gasteiger partial charge in [0, 0.05) is 19.2 Å². The minimum Gasteiger partial charge on any atom is -0.449 e. The Balaban J connectivity index is 1.57. The average molecular weight is 323 g/mol. The van der Waals surface area contributed by atoms with Crippen molar-refractivity contribution < 1.29 is 9.53 Å². The highest BCUT2D eigenvalue weighted by molar-refractivity contribution is 5.85. The first-order valence-electron chi connectivity index (χ1n) is 7.96. The van der Waals surface area contributed by atoms with Gasteiger partial charge in [-0.3, -0.25) is 5.32 Å². The van der Waals surface area contributed by atoms with E-state index in [-0.39, 0.29) is 6.61 Å². The van der Waals surface area contributed by atoms with Crippen LogP contribution in [0.5, 0.6) is 0 Å². The number of aryl methyl sites for hydroxylation is 3. The standard InChI is InChI=1S/C19H21N3O2/c1-13-8-9-15(14(2)12-13)21-19(23)24-11-10-18-20-16-6-4-5-7-17(16)22(18)3/h4-9,12H,10-11H2,1-3H3,(H,21,23). The van der Waals surface area contributed by atoms with Crippen molar-refractivity contribution >= 4 is 22.8 Å². The highest BCUT2D eigenvalue weighted by Gasteiger charge is 2.09. The van der Waals surface area contributed by atoms with E-state index in [4.69, 9.17) is 4.74 Å². The van der Waals surface area contributed by atoms with Crippen LogP contribution in [0, 0.1) is 13.8 Å². The SMILES string of the molecule is Cc1ccc(NC(=O)OCCc2nc3ccccc3n2C)c(C)c1. The predicted octanol–water partition coefficient (Wildman–Crippen LogP) is 3.98. The fraction of sp³-hybridized carbons (Fsp3) is 0.263. The maximum atomic E-state index is 11.9. The van der Waals surface area contributed by atoms with E-state index in [2.05, 4.69) is 10.3 Å². The Morgan fingerprint density at radius 2 is 2.00 bits per heavy atom. The summed E-state index contributed by atoms with van der Waals surface area (Å²) < 4.78 is 7.31. The number of aromatic nitrogens is 2. The van der Waals surface area contributed by atoms with Crippen molar-refractivity contribution in [2.45, 2.75) is 20.3 Å². The summed E-state index contributed by atoms with van der Waals surface area (Å²) in [6, 6.07) is 13.8. The Morgan fingerprint density at radius 1 is 1.21 bits per heavy atom. The molecule has 0 unspecified atom stereocenters. The zero-order valence-electron chi connectivity index (χ0n) is 14.2. The van der Waals surface area contributed by atoms with Crippen LogP contribution in [0.1, 0.15) is 17.0 Å². The summed E-state index contributed by atoms with van der Waals surface area (Å²) in [7, 11) is 1.97. The van der Waals surface area contributed by atoms with Gasteiger partial charge in [0.1, 0.15) is 12.4 Å². The smallest absolute Gasteiger partial charge is 0.411 e. The summed E-state index contributed by atoms with van der Waals surface area (Å²) >= 11 is 0. The first kappa shape index (κ1) is 16.1. The molecule has 124 valence electrons. The zero-order valence-corrected chi connectivity index (χ0v) is 14.2. The number of carbonyl (C=O) groups is 1. The third-order valence-corrected chi connectivity index (χ3v) is 4.06. The van der Waals surface area contributed by atoms with E-state index in [0.717, 1.165) is 33.7 Å². The molecule has 0 aliphatic heterocycles. The number of fused-ring (bicyclic) bond motifs is 1. The summed E-state index contributed by atoms with van der Waals surface area (Å²) in [6.45, 7) is 4.27. The number of hydrogen-bond donors (Lipinski definition) is 1. The quantitative estimate of drug-likeness (QED) is 0.790. The largest absolute Gasteiger partial charge is 0.449 e. The van der Waals surface area contributed by atoms with Gasteiger partial charge in [-0.05, 0) is 37.6 Å². The molecule has 2 aromatic carbocycles. The Kier molecular flexibility index (Phi) is 4.51. The lowest BCUT2D eigenvalue weighted by Crippen LogP contribution is -2.16. The van der Waals surface area contributed by atoms with Crippen molar-refractivity contribution in [1.82, 2.24) is 9.55 Å². The van der Waals surface area contributed by atoms with Gasteiger partial charge in [0.25, 0.3) is 0 Å². The van der Waals surface area contributed by atoms with Crippen LogP contribution in [0.4, 0.5) is 10.5 Å². The molecular formula is C19H21N3O2. The van der Waals surface area contributed by atoms with E-state index in [0.29, 0.717) is 6.42 Å². The van der Waals surface area contributed by atoms with Gasteiger partial charge in [-0.25, -0.2) is 9.78 Å². The van der Waals surface area contributed by atoms with Crippen molar-refractivity contribution in [3.8, 4) is 0 Å². The van der Waals surface area contributed by atoms with Crippen LogP contribution in [0.15, 0.2) is 42.5 Å². The summed E-state index contributed by atoms with van der Waals surface area (Å²) in [5.74, 6) is 0.899. The first-order chi connectivity index (χ1) is 11.5. The van der Waals surface area contributed by atoms with Crippen LogP contribution < -0.4 is 5.32 Å². The van der Waals surface area contributed by atoms with Gasteiger partial charge in [0.05, 0.1) is 11.0 Å². The number of hydrogen-bond acceptors (Lipinski definition) is 3. The van der Waals surface area contributed by atoms with Crippen molar-refractivity contribution in [2.24, 2.45) is 7.05 Å². The molecule has 0 saturated carbocycles. The second-order valence-corrected chi connectivity index (χ2v) is 5.91. The van der Waals surface area contributed by atoms with E-state index in [1.165, 1.54) is 0 Å². The Hall–Kier alpha value is -2.82. The maximum Gasteiger partial charge on any atom is 0.411 e. The van der Waals surface area contributed by atoms with Crippen molar-refractivity contribution in [1.29, 1.82) is 0 Å². The van der Waals surface area contributed by atoms with E-state index in [1.807, 2.05) is 67.9 Å². The van der Waals surface area contributed by atoms with Gasteiger partial charge in [0.15, 0.2) is 0 Å². The molecule has 0 aliphatic rings. The van der Waals surface area contributed by atoms with E-state index in [1.54, 1.807) is 0 Å². The Labute approximate surface area is 141 Å². The second-order valence-electron chi connectivity index (χ2n) is 5.91. The minimum atomic E-state index is -0.444. The third kappa shape index (κ3) is 3.40. The molecule has 1 N–H and O–H groups in total. The number of anilines is 1. The number of nitrogens with zero attached hydrogens (tertiary/aromatic N) is 2. The molecule has 24 heavy (non-hydrogen) atoms. The molecule has 0 atom stereocenters. The second kappa shape index (κ2) is 6.74. The number of rotatable bonds is 4. The molecule has 1 heterocycles. The van der Waals surface area contributed by atoms with Crippen molar-refractivity contribution in [2.75, 3.05) is 11.9 Å². The molecule has 0 fully saturated rings. The number of ether oxygens (including phenoxy) is 1. The van der Waals surface area contributed by atoms with Gasteiger partial charge in [-0.1, -0.05) is 29.8 Å². The molecule has 0 saturated heterocycles. The molecule has 0 spiro atoms. The van der Waals surface area contributed by atoms with Crippen LogP contribution in [-0.2, 0) is 18.2 Å². The van der Waals surface area contributed by atoms with Gasteiger partial charge < -0.3 is 9.30 Å². The lowest BCUT2D eigenvalue weighted by atomic mass is 10.1. The number of imidazole rings is 1.